The molecule has 0 bridgehead atoms. The van der Waals surface area contributed by atoms with Gasteiger partial charge in [0.05, 0.1) is 12.1 Å². The van der Waals surface area contributed by atoms with Crippen LogP contribution in [0, 0.1) is 0 Å². The van der Waals surface area contributed by atoms with Gasteiger partial charge in [-0.1, -0.05) is 96.5 Å². The van der Waals surface area contributed by atoms with Gasteiger partial charge in [-0.25, -0.2) is 9.78 Å². The standard InChI is InChI=1S/C42H60N4O3S/c1-2-3-4-5-6-7-8-9-10-11-12-13-14-15-26-43-42(47)49-41-24-22-35-21-23-36(34-38(35)44-41)48-32-17-16-27-45-28-30-46(31-29-45)39-19-18-20-40-37(39)25-33-50-40/h18-25,33-34H,2-17,26-32H2,1H3,(H,43,47). The summed E-state index contributed by atoms with van der Waals surface area (Å²) in [6.45, 7) is 9.01. The Morgan fingerprint density at radius 2 is 1.48 bits per heavy atom. The number of nitrogens with zero attached hydrogens (tertiary/aromatic N) is 3. The molecule has 0 spiro atoms. The maximum absolute atomic E-state index is 12.4. The number of rotatable bonds is 23. The highest BCUT2D eigenvalue weighted by Crippen LogP contribution is 2.31. The van der Waals surface area contributed by atoms with Gasteiger partial charge in [-0.2, -0.15) is 0 Å². The quantitative estimate of drug-likeness (QED) is 0.0777. The highest BCUT2D eigenvalue weighted by molar-refractivity contribution is 7.17. The van der Waals surface area contributed by atoms with Gasteiger partial charge >= 0.3 is 6.09 Å². The van der Waals surface area contributed by atoms with Crippen molar-refractivity contribution in [2.24, 2.45) is 0 Å². The molecule has 272 valence electrons. The van der Waals surface area contributed by atoms with Crippen molar-refractivity contribution in [3.63, 3.8) is 0 Å². The fourth-order valence-corrected chi connectivity index (χ4v) is 7.77. The number of hydrogen-bond donors (Lipinski definition) is 1. The van der Waals surface area contributed by atoms with Crippen molar-refractivity contribution in [1.82, 2.24) is 15.2 Å². The van der Waals surface area contributed by atoms with E-state index < -0.39 is 6.09 Å². The molecular formula is C42H60N4O3S. The van der Waals surface area contributed by atoms with Crippen LogP contribution in [-0.4, -0.2) is 61.9 Å². The van der Waals surface area contributed by atoms with Gasteiger partial charge in [-0.15, -0.1) is 11.3 Å². The van der Waals surface area contributed by atoms with Crippen LogP contribution in [0.15, 0.2) is 60.0 Å². The Kier molecular flexibility index (Phi) is 16.5. The van der Waals surface area contributed by atoms with Crippen LogP contribution in [-0.2, 0) is 0 Å². The van der Waals surface area contributed by atoms with Crippen LogP contribution >= 0.6 is 11.3 Å². The number of ether oxygens (including phenoxy) is 2. The van der Waals surface area contributed by atoms with Crippen molar-refractivity contribution in [3.8, 4) is 11.6 Å². The summed E-state index contributed by atoms with van der Waals surface area (Å²) in [5.41, 5.74) is 2.13. The third kappa shape index (κ3) is 12.8. The molecule has 0 saturated carbocycles. The molecule has 0 atom stereocenters. The van der Waals surface area contributed by atoms with E-state index in [9.17, 15) is 4.79 Å². The molecule has 0 unspecified atom stereocenters. The average Bonchev–Trinajstić information content (AvgIpc) is 3.63. The fourth-order valence-electron chi connectivity index (χ4n) is 6.96. The number of thiophene rings is 1. The molecule has 0 radical (unpaired) electrons. The first kappa shape index (κ1) is 37.9. The van der Waals surface area contributed by atoms with Crippen LogP contribution in [0.5, 0.6) is 11.6 Å². The molecule has 7 nitrogen and oxygen atoms in total. The van der Waals surface area contributed by atoms with Gasteiger partial charge in [0.25, 0.3) is 0 Å². The average molecular weight is 701 g/mol. The Morgan fingerprint density at radius 3 is 2.22 bits per heavy atom. The monoisotopic (exact) mass is 700 g/mol. The molecule has 1 N–H and O–H groups in total. The Labute approximate surface area is 304 Å². The zero-order chi connectivity index (χ0) is 34.6. The Hall–Kier alpha value is -3.36. The van der Waals surface area contributed by atoms with Crippen LogP contribution in [0.4, 0.5) is 10.5 Å². The largest absolute Gasteiger partial charge is 0.494 e. The molecule has 3 heterocycles. The van der Waals surface area contributed by atoms with E-state index in [1.165, 1.54) is 92.8 Å². The molecule has 1 aliphatic heterocycles. The second-order valence-electron chi connectivity index (χ2n) is 13.9. The van der Waals surface area contributed by atoms with E-state index >= 15 is 0 Å². The van der Waals surface area contributed by atoms with Crippen molar-refractivity contribution in [2.45, 2.75) is 110 Å². The number of pyridine rings is 1. The van der Waals surface area contributed by atoms with E-state index in [2.05, 4.69) is 56.7 Å². The van der Waals surface area contributed by atoms with Crippen LogP contribution < -0.4 is 19.7 Å². The molecule has 0 aliphatic carbocycles. The molecule has 1 fully saturated rings. The predicted octanol–water partition coefficient (Wildman–Crippen LogP) is 11.0. The first-order valence-electron chi connectivity index (χ1n) is 19.6. The first-order chi connectivity index (χ1) is 24.7. The highest BCUT2D eigenvalue weighted by Gasteiger charge is 2.18. The molecular weight excluding hydrogens is 641 g/mol. The first-order valence-corrected chi connectivity index (χ1v) is 20.5. The minimum atomic E-state index is -0.444. The summed E-state index contributed by atoms with van der Waals surface area (Å²) < 4.78 is 12.9. The predicted molar refractivity (Wildman–Crippen MR) is 211 cm³/mol. The van der Waals surface area contributed by atoms with E-state index in [1.54, 1.807) is 6.07 Å². The van der Waals surface area contributed by atoms with Crippen molar-refractivity contribution < 1.29 is 14.3 Å². The van der Waals surface area contributed by atoms with Gasteiger partial charge in [-0.3, -0.25) is 4.90 Å². The summed E-state index contributed by atoms with van der Waals surface area (Å²) >= 11 is 1.82. The van der Waals surface area contributed by atoms with Gasteiger partial charge in [0.1, 0.15) is 5.75 Å². The minimum absolute atomic E-state index is 0.306. The topological polar surface area (TPSA) is 66.9 Å². The number of amides is 1. The molecule has 4 aromatic rings. The number of piperazine rings is 1. The van der Waals surface area contributed by atoms with Gasteiger partial charge in [-0.05, 0) is 67.6 Å². The number of carbonyl (C=O) groups excluding carboxylic acids is 1. The van der Waals surface area contributed by atoms with Crippen LogP contribution in [0.2, 0.25) is 0 Å². The lowest BCUT2D eigenvalue weighted by Crippen LogP contribution is -2.46. The van der Waals surface area contributed by atoms with E-state index in [0.717, 1.165) is 75.1 Å². The van der Waals surface area contributed by atoms with Crippen LogP contribution in [0.1, 0.15) is 110 Å². The van der Waals surface area contributed by atoms with Crippen molar-refractivity contribution >= 4 is 44.1 Å². The van der Waals surface area contributed by atoms with Crippen LogP contribution in [0.25, 0.3) is 21.0 Å². The number of benzene rings is 2. The normalized spacial score (nSPS) is 13.7. The Bertz CT molecular complexity index is 1550. The molecule has 50 heavy (non-hydrogen) atoms. The Morgan fingerprint density at radius 1 is 0.780 bits per heavy atom. The number of aromatic nitrogens is 1. The second kappa shape index (κ2) is 21.8. The molecule has 2 aromatic heterocycles. The number of anilines is 1. The van der Waals surface area contributed by atoms with Crippen molar-refractivity contribution in [1.29, 1.82) is 0 Å². The van der Waals surface area contributed by atoms with E-state index in [4.69, 9.17) is 9.47 Å². The van der Waals surface area contributed by atoms with E-state index in [0.29, 0.717) is 19.0 Å². The summed E-state index contributed by atoms with van der Waals surface area (Å²) in [7, 11) is 0. The third-order valence-corrected chi connectivity index (χ3v) is 10.8. The van der Waals surface area contributed by atoms with Crippen molar-refractivity contribution in [3.05, 3.63) is 60.0 Å². The smallest absolute Gasteiger partial charge is 0.413 e. The summed E-state index contributed by atoms with van der Waals surface area (Å²) in [6.07, 6.45) is 20.1. The number of unbranched alkanes of at least 4 members (excludes halogenated alkanes) is 14. The highest BCUT2D eigenvalue weighted by atomic mass is 32.1. The van der Waals surface area contributed by atoms with Gasteiger partial charge in [0.2, 0.25) is 5.88 Å². The summed E-state index contributed by atoms with van der Waals surface area (Å²) in [6, 6.07) is 18.5. The molecule has 2 aromatic carbocycles. The van der Waals surface area contributed by atoms with E-state index in [-0.39, 0.29) is 0 Å². The zero-order valence-corrected chi connectivity index (χ0v) is 31.3. The SMILES string of the molecule is CCCCCCCCCCCCCCCCNC(=O)Oc1ccc2ccc(OCCCCN3CCN(c4cccc5sccc45)CC3)cc2n1. The zero-order valence-electron chi connectivity index (χ0n) is 30.5. The summed E-state index contributed by atoms with van der Waals surface area (Å²) in [4.78, 5) is 22.1. The van der Waals surface area contributed by atoms with Gasteiger partial charge in [0, 0.05) is 66.0 Å². The summed E-state index contributed by atoms with van der Waals surface area (Å²) in [5, 5.41) is 7.44. The number of carbonyl (C=O) groups is 1. The number of nitrogens with one attached hydrogen (secondary N) is 1. The molecule has 5 rings (SSSR count). The third-order valence-electron chi connectivity index (χ3n) is 9.96. The van der Waals surface area contributed by atoms with Gasteiger partial charge in [0.15, 0.2) is 0 Å². The lowest BCUT2D eigenvalue weighted by Gasteiger charge is -2.36. The molecule has 1 saturated heterocycles. The fraction of sp³-hybridized carbons (Fsp3) is 0.571. The molecule has 1 amide bonds. The van der Waals surface area contributed by atoms with Crippen molar-refractivity contribution in [2.75, 3.05) is 50.8 Å². The summed E-state index contributed by atoms with van der Waals surface area (Å²) in [5.74, 6) is 1.10. The van der Waals surface area contributed by atoms with E-state index in [1.807, 2.05) is 35.6 Å². The maximum Gasteiger partial charge on any atom is 0.413 e. The minimum Gasteiger partial charge on any atom is -0.494 e. The molecule has 1 aliphatic rings. The number of hydrogen-bond acceptors (Lipinski definition) is 7. The Balaban J connectivity index is 0.894. The number of fused-ring (bicyclic) bond motifs is 2. The van der Waals surface area contributed by atoms with Gasteiger partial charge < -0.3 is 19.7 Å². The second-order valence-corrected chi connectivity index (χ2v) is 14.9. The molecule has 8 heteroatoms. The lowest BCUT2D eigenvalue weighted by molar-refractivity contribution is 0.198. The lowest BCUT2D eigenvalue weighted by atomic mass is 10.0. The van der Waals surface area contributed by atoms with Crippen LogP contribution in [0.3, 0.4) is 0 Å². The maximum atomic E-state index is 12.4.